The van der Waals surface area contributed by atoms with Gasteiger partial charge in [0.1, 0.15) is 5.82 Å². The number of nitrogens with one attached hydrogen (secondary N) is 1. The molecule has 18 heavy (non-hydrogen) atoms. The standard InChI is InChI=1S/C12H17BrFNO2S/c1-12(2,3)18(16,17)7-6-15-9-4-5-10(13)11(14)8-9/h4-5,8,15H,6-7H2,1-3H3. The van der Waals surface area contributed by atoms with Gasteiger partial charge in [-0.2, -0.15) is 0 Å². The van der Waals surface area contributed by atoms with Gasteiger partial charge in [0.05, 0.1) is 15.0 Å². The Morgan fingerprint density at radius 2 is 1.94 bits per heavy atom. The second-order valence-corrected chi connectivity index (χ2v) is 8.70. The van der Waals surface area contributed by atoms with E-state index in [1.807, 2.05) is 0 Å². The Hall–Kier alpha value is -0.620. The highest BCUT2D eigenvalue weighted by molar-refractivity contribution is 9.10. The van der Waals surface area contributed by atoms with E-state index >= 15 is 0 Å². The molecule has 0 aliphatic carbocycles. The third-order valence-electron chi connectivity index (χ3n) is 2.55. The molecule has 1 aromatic rings. The summed E-state index contributed by atoms with van der Waals surface area (Å²) in [5.74, 6) is -0.354. The third-order valence-corrected chi connectivity index (χ3v) is 5.80. The summed E-state index contributed by atoms with van der Waals surface area (Å²) in [5.41, 5.74) is 0.569. The van der Waals surface area contributed by atoms with Gasteiger partial charge in [0, 0.05) is 12.2 Å². The molecule has 0 aliphatic rings. The monoisotopic (exact) mass is 337 g/mol. The Morgan fingerprint density at radius 3 is 2.44 bits per heavy atom. The lowest BCUT2D eigenvalue weighted by atomic mass is 10.3. The van der Waals surface area contributed by atoms with Crippen molar-refractivity contribution in [2.75, 3.05) is 17.6 Å². The van der Waals surface area contributed by atoms with E-state index < -0.39 is 14.6 Å². The Bertz CT molecular complexity index is 523. The zero-order valence-electron chi connectivity index (χ0n) is 10.6. The topological polar surface area (TPSA) is 46.2 Å². The van der Waals surface area contributed by atoms with E-state index in [1.54, 1.807) is 32.9 Å². The predicted molar refractivity (Wildman–Crippen MR) is 76.1 cm³/mol. The maximum Gasteiger partial charge on any atom is 0.156 e. The van der Waals surface area contributed by atoms with Crippen LogP contribution in [0.2, 0.25) is 0 Å². The van der Waals surface area contributed by atoms with E-state index in [2.05, 4.69) is 21.2 Å². The van der Waals surface area contributed by atoms with Crippen LogP contribution in [0.15, 0.2) is 22.7 Å². The highest BCUT2D eigenvalue weighted by Gasteiger charge is 2.28. The van der Waals surface area contributed by atoms with Gasteiger partial charge in [-0.15, -0.1) is 0 Å². The molecule has 1 N–H and O–H groups in total. The Morgan fingerprint density at radius 1 is 1.33 bits per heavy atom. The molecule has 0 saturated carbocycles. The van der Waals surface area contributed by atoms with Crippen molar-refractivity contribution >= 4 is 31.5 Å². The van der Waals surface area contributed by atoms with Gasteiger partial charge in [-0.3, -0.25) is 0 Å². The molecular formula is C12H17BrFNO2S. The van der Waals surface area contributed by atoms with E-state index in [-0.39, 0.29) is 18.1 Å². The highest BCUT2D eigenvalue weighted by Crippen LogP contribution is 2.20. The van der Waals surface area contributed by atoms with Crippen LogP contribution in [-0.2, 0) is 9.84 Å². The Labute approximate surface area is 116 Å². The minimum atomic E-state index is -3.15. The average molecular weight is 338 g/mol. The van der Waals surface area contributed by atoms with Crippen LogP contribution in [0, 0.1) is 5.82 Å². The zero-order chi connectivity index (χ0) is 14.0. The second kappa shape index (κ2) is 5.57. The molecule has 0 fully saturated rings. The largest absolute Gasteiger partial charge is 0.384 e. The van der Waals surface area contributed by atoms with Gasteiger partial charge in [0.15, 0.2) is 9.84 Å². The summed E-state index contributed by atoms with van der Waals surface area (Å²) in [4.78, 5) is 0. The number of anilines is 1. The smallest absolute Gasteiger partial charge is 0.156 e. The molecule has 1 aromatic carbocycles. The molecule has 0 spiro atoms. The predicted octanol–water partition coefficient (Wildman–Crippen LogP) is 3.21. The number of benzene rings is 1. The molecule has 0 amide bonds. The van der Waals surface area contributed by atoms with E-state index in [0.717, 1.165) is 0 Å². The van der Waals surface area contributed by atoms with Crippen molar-refractivity contribution in [1.82, 2.24) is 0 Å². The molecular weight excluding hydrogens is 321 g/mol. The lowest BCUT2D eigenvalue weighted by Gasteiger charge is -2.19. The first kappa shape index (κ1) is 15.4. The van der Waals surface area contributed by atoms with Crippen molar-refractivity contribution in [3.05, 3.63) is 28.5 Å². The molecule has 3 nitrogen and oxygen atoms in total. The number of sulfone groups is 1. The van der Waals surface area contributed by atoms with Gasteiger partial charge in [-0.05, 0) is 54.9 Å². The molecule has 102 valence electrons. The fraction of sp³-hybridized carbons (Fsp3) is 0.500. The first-order chi connectivity index (χ1) is 8.13. The SMILES string of the molecule is CC(C)(C)S(=O)(=O)CCNc1ccc(Br)c(F)c1. The number of halogens is 2. The summed E-state index contributed by atoms with van der Waals surface area (Å²) in [5, 5.41) is 2.90. The summed E-state index contributed by atoms with van der Waals surface area (Å²) >= 11 is 3.06. The molecule has 1 rings (SSSR count). The quantitative estimate of drug-likeness (QED) is 0.917. The average Bonchev–Trinajstić information content (AvgIpc) is 2.21. The minimum Gasteiger partial charge on any atom is -0.384 e. The van der Waals surface area contributed by atoms with Crippen molar-refractivity contribution in [2.45, 2.75) is 25.5 Å². The van der Waals surface area contributed by atoms with Gasteiger partial charge in [0.2, 0.25) is 0 Å². The molecule has 0 atom stereocenters. The minimum absolute atomic E-state index is 0.0220. The first-order valence-corrected chi connectivity index (χ1v) is 7.99. The highest BCUT2D eigenvalue weighted by atomic mass is 79.9. The summed E-state index contributed by atoms with van der Waals surface area (Å²) < 4.78 is 36.5. The summed E-state index contributed by atoms with van der Waals surface area (Å²) in [6.07, 6.45) is 0. The zero-order valence-corrected chi connectivity index (χ0v) is 13.0. The van der Waals surface area contributed by atoms with Gasteiger partial charge < -0.3 is 5.32 Å². The van der Waals surface area contributed by atoms with E-state index in [9.17, 15) is 12.8 Å². The molecule has 0 saturated heterocycles. The molecule has 0 bridgehead atoms. The maximum absolute atomic E-state index is 13.2. The van der Waals surface area contributed by atoms with Crippen LogP contribution in [0.5, 0.6) is 0 Å². The molecule has 0 aromatic heterocycles. The van der Waals surface area contributed by atoms with Gasteiger partial charge in [-0.25, -0.2) is 12.8 Å². The Balaban J connectivity index is 2.60. The summed E-state index contributed by atoms with van der Waals surface area (Å²) in [6.45, 7) is 5.27. The third kappa shape index (κ3) is 3.95. The van der Waals surface area contributed by atoms with Crippen LogP contribution in [0.25, 0.3) is 0 Å². The molecule has 0 aliphatic heterocycles. The van der Waals surface area contributed by atoms with Crippen molar-refractivity contribution in [2.24, 2.45) is 0 Å². The first-order valence-electron chi connectivity index (χ1n) is 5.55. The van der Waals surface area contributed by atoms with Crippen molar-refractivity contribution in [3.8, 4) is 0 Å². The van der Waals surface area contributed by atoms with Gasteiger partial charge in [-0.1, -0.05) is 0 Å². The second-order valence-electron chi connectivity index (χ2n) is 4.99. The van der Waals surface area contributed by atoms with Crippen molar-refractivity contribution in [3.63, 3.8) is 0 Å². The van der Waals surface area contributed by atoms with Crippen LogP contribution in [0.1, 0.15) is 20.8 Å². The van der Waals surface area contributed by atoms with Gasteiger partial charge >= 0.3 is 0 Å². The number of hydrogen-bond acceptors (Lipinski definition) is 3. The Kier molecular flexibility index (Phi) is 4.78. The normalized spacial score (nSPS) is 12.5. The maximum atomic E-state index is 13.2. The van der Waals surface area contributed by atoms with Crippen LogP contribution in [0.4, 0.5) is 10.1 Å². The molecule has 0 unspecified atom stereocenters. The van der Waals surface area contributed by atoms with Crippen molar-refractivity contribution < 1.29 is 12.8 Å². The summed E-state index contributed by atoms with van der Waals surface area (Å²) in [6, 6.07) is 4.60. The number of rotatable bonds is 4. The molecule has 6 heteroatoms. The van der Waals surface area contributed by atoms with Crippen molar-refractivity contribution in [1.29, 1.82) is 0 Å². The molecule has 0 radical (unpaired) electrons. The van der Waals surface area contributed by atoms with Crippen LogP contribution in [0.3, 0.4) is 0 Å². The summed E-state index contributed by atoms with van der Waals surface area (Å²) in [7, 11) is -3.15. The van der Waals surface area contributed by atoms with Crippen LogP contribution >= 0.6 is 15.9 Å². The van der Waals surface area contributed by atoms with E-state index in [4.69, 9.17) is 0 Å². The lowest BCUT2D eigenvalue weighted by molar-refractivity contribution is 0.560. The van der Waals surface area contributed by atoms with E-state index in [1.165, 1.54) is 6.07 Å². The van der Waals surface area contributed by atoms with Crippen LogP contribution < -0.4 is 5.32 Å². The van der Waals surface area contributed by atoms with Gasteiger partial charge in [0.25, 0.3) is 0 Å². The van der Waals surface area contributed by atoms with E-state index in [0.29, 0.717) is 10.2 Å². The number of hydrogen-bond donors (Lipinski definition) is 1. The lowest BCUT2D eigenvalue weighted by Crippen LogP contribution is -2.32. The molecule has 0 heterocycles. The fourth-order valence-corrected chi connectivity index (χ4v) is 2.47. The van der Waals surface area contributed by atoms with Crippen LogP contribution in [-0.4, -0.2) is 25.5 Å². The fourth-order valence-electron chi connectivity index (χ4n) is 1.24.